The van der Waals surface area contributed by atoms with Crippen LogP contribution in [0.15, 0.2) is 83.5 Å². The molecule has 0 bridgehead atoms. The zero-order valence-corrected chi connectivity index (χ0v) is 25.6. The van der Waals surface area contributed by atoms with E-state index in [2.05, 4.69) is 41.2 Å². The van der Waals surface area contributed by atoms with E-state index >= 15 is 0 Å². The van der Waals surface area contributed by atoms with E-state index in [-0.39, 0.29) is 47.9 Å². The van der Waals surface area contributed by atoms with Gasteiger partial charge in [0.1, 0.15) is 5.58 Å². The van der Waals surface area contributed by atoms with Crippen LogP contribution >= 0.6 is 0 Å². The first-order valence-corrected chi connectivity index (χ1v) is 13.0. The minimum Gasteiger partial charge on any atom is -0.501 e. The van der Waals surface area contributed by atoms with Gasteiger partial charge in [-0.15, -0.1) is 42.0 Å². The van der Waals surface area contributed by atoms with Gasteiger partial charge >= 0.3 is 0 Å². The van der Waals surface area contributed by atoms with Gasteiger partial charge in [0.05, 0.1) is 5.58 Å². The third kappa shape index (κ3) is 6.98. The van der Waals surface area contributed by atoms with Gasteiger partial charge in [-0.2, -0.15) is 0 Å². The van der Waals surface area contributed by atoms with Crippen LogP contribution in [0.5, 0.6) is 0 Å². The quantitative estimate of drug-likeness (QED) is 0.171. The van der Waals surface area contributed by atoms with Crippen molar-refractivity contribution in [3.8, 4) is 22.5 Å². The second-order valence-corrected chi connectivity index (χ2v) is 11.0. The van der Waals surface area contributed by atoms with Crippen molar-refractivity contribution in [1.82, 2.24) is 9.97 Å². The molecule has 1 radical (unpaired) electrons. The molecular weight excluding hydrogens is 688 g/mol. The topological polar surface area (TPSA) is 38.9 Å². The van der Waals surface area contributed by atoms with E-state index < -0.39 is 19.5 Å². The molecule has 0 amide bonds. The van der Waals surface area contributed by atoms with Gasteiger partial charge in [-0.25, -0.2) is 0 Å². The molecule has 0 aliphatic rings. The molecular formula is C36H33FIrN2O-2. The molecule has 0 spiro atoms. The Balaban J connectivity index is 0.000000214. The largest absolute Gasteiger partial charge is 0.501 e. The third-order valence-electron chi connectivity index (χ3n) is 6.37. The molecule has 0 fully saturated rings. The minimum absolute atomic E-state index is 0. The Morgan fingerprint density at radius 3 is 2.44 bits per heavy atom. The predicted octanol–water partition coefficient (Wildman–Crippen LogP) is 9.65. The van der Waals surface area contributed by atoms with Crippen molar-refractivity contribution in [2.24, 2.45) is 5.41 Å². The van der Waals surface area contributed by atoms with Gasteiger partial charge < -0.3 is 14.4 Å². The van der Waals surface area contributed by atoms with Gasteiger partial charge in [0.25, 0.3) is 0 Å². The van der Waals surface area contributed by atoms with Gasteiger partial charge in [-0.05, 0) is 54.7 Å². The number of hydrogen-bond donors (Lipinski definition) is 0. The van der Waals surface area contributed by atoms with Crippen molar-refractivity contribution in [1.29, 1.82) is 0 Å². The molecule has 0 aliphatic heterocycles. The first-order chi connectivity index (χ1) is 21.5. The van der Waals surface area contributed by atoms with Crippen molar-refractivity contribution in [2.75, 3.05) is 0 Å². The van der Waals surface area contributed by atoms with Crippen LogP contribution in [-0.2, 0) is 26.5 Å². The van der Waals surface area contributed by atoms with Gasteiger partial charge in [-0.3, -0.25) is 4.39 Å². The zero-order valence-electron chi connectivity index (χ0n) is 29.2. The maximum Gasteiger partial charge on any atom is 0.120 e. The number of aromatic nitrogens is 2. The van der Waals surface area contributed by atoms with E-state index in [1.54, 1.807) is 6.07 Å². The average molecular weight is 727 g/mol. The SMILES string of the molecule is Cc1ccnc(-c2[c-]ccc3c2oc2ccccc23)c1.[2H]C([2H])([2H])c1c[c-]c(-c2cc(CC(C)(C)C)c(C([2H])([2H])[2H])cn2)c(F)c1.[Ir]. The number of pyridine rings is 2. The molecule has 3 nitrogen and oxygen atoms in total. The summed E-state index contributed by atoms with van der Waals surface area (Å²) in [5.41, 5.74) is 5.37. The Bertz CT molecular complexity index is 2030. The van der Waals surface area contributed by atoms with E-state index in [1.807, 2.05) is 63.4 Å². The average Bonchev–Trinajstić information content (AvgIpc) is 3.34. The Kier molecular flexibility index (Phi) is 6.98. The number of rotatable bonds is 3. The second kappa shape index (κ2) is 12.5. The van der Waals surface area contributed by atoms with Crippen LogP contribution in [0.4, 0.5) is 4.39 Å². The number of benzene rings is 3. The molecule has 0 aliphatic carbocycles. The molecule has 5 heteroatoms. The van der Waals surface area contributed by atoms with Crippen LogP contribution in [0.1, 0.15) is 51.2 Å². The number of nitrogens with zero attached hydrogens (tertiary/aromatic N) is 2. The summed E-state index contributed by atoms with van der Waals surface area (Å²) in [4.78, 5) is 8.53. The zero-order chi connectivity index (χ0) is 33.4. The van der Waals surface area contributed by atoms with Crippen molar-refractivity contribution < 1.29 is 37.1 Å². The molecule has 3 heterocycles. The smallest absolute Gasteiger partial charge is 0.120 e. The molecule has 0 saturated carbocycles. The molecule has 0 unspecified atom stereocenters. The van der Waals surface area contributed by atoms with E-state index in [9.17, 15) is 4.39 Å². The molecule has 3 aromatic carbocycles. The summed E-state index contributed by atoms with van der Waals surface area (Å²) >= 11 is 0. The second-order valence-electron chi connectivity index (χ2n) is 11.0. The monoisotopic (exact) mass is 727 g/mol. The first kappa shape index (κ1) is 23.0. The molecule has 6 aromatic rings. The summed E-state index contributed by atoms with van der Waals surface area (Å²) in [6, 6.07) is 25.7. The number of para-hydroxylation sites is 1. The molecule has 6 rings (SSSR count). The fourth-order valence-electron chi connectivity index (χ4n) is 4.57. The Morgan fingerprint density at radius 1 is 0.902 bits per heavy atom. The van der Waals surface area contributed by atoms with Gasteiger partial charge in [-0.1, -0.05) is 85.6 Å². The van der Waals surface area contributed by atoms with E-state index in [4.69, 9.17) is 12.6 Å². The summed E-state index contributed by atoms with van der Waals surface area (Å²) in [6.45, 7) is 3.26. The Morgan fingerprint density at radius 2 is 1.71 bits per heavy atom. The summed E-state index contributed by atoms with van der Waals surface area (Å²) in [5, 5.41) is 2.24. The molecule has 3 aromatic heterocycles. The molecule has 0 saturated heterocycles. The van der Waals surface area contributed by atoms with E-state index in [0.717, 1.165) is 39.3 Å². The van der Waals surface area contributed by atoms with Crippen molar-refractivity contribution >= 4 is 21.9 Å². The van der Waals surface area contributed by atoms with Crippen LogP contribution in [0.3, 0.4) is 0 Å². The van der Waals surface area contributed by atoms with Crippen LogP contribution in [-0.4, -0.2) is 9.97 Å². The standard InChI is InChI=1S/C18H21FN.C18H12NO.Ir/c1-12-6-7-15(16(19)8-12)17-9-14(10-18(3,4)5)13(2)11-20-17;1-12-9-10-19-16(11-12)15-7-4-6-14-13-5-2-3-8-17(13)20-18(14)15;/h6,8-9,11H,10H2,1-5H3;2-6,8-11H,1H3;/q2*-1;/i1D3,2D3;;. The number of aryl methyl sites for hydroxylation is 3. The van der Waals surface area contributed by atoms with Crippen molar-refractivity contribution in [2.45, 2.75) is 47.8 Å². The Hall–Kier alpha value is -3.66. The van der Waals surface area contributed by atoms with Gasteiger partial charge in [0, 0.05) is 51.9 Å². The van der Waals surface area contributed by atoms with E-state index in [0.29, 0.717) is 12.0 Å². The van der Waals surface area contributed by atoms with Crippen LogP contribution in [0.25, 0.3) is 44.5 Å². The number of hydrogen-bond acceptors (Lipinski definition) is 3. The molecule has 0 atom stereocenters. The summed E-state index contributed by atoms with van der Waals surface area (Å²) in [6.07, 6.45) is 3.54. The van der Waals surface area contributed by atoms with Crippen molar-refractivity contribution in [3.05, 3.63) is 119 Å². The van der Waals surface area contributed by atoms with E-state index in [1.165, 1.54) is 17.8 Å². The normalized spacial score (nSPS) is 14.0. The summed E-state index contributed by atoms with van der Waals surface area (Å²) < 4.78 is 65.5. The fraction of sp³-hybridized carbons (Fsp3) is 0.222. The number of halogens is 1. The van der Waals surface area contributed by atoms with Crippen LogP contribution < -0.4 is 0 Å². The minimum atomic E-state index is -2.42. The fourth-order valence-corrected chi connectivity index (χ4v) is 4.57. The van der Waals surface area contributed by atoms with Gasteiger partial charge in [0.2, 0.25) is 0 Å². The first-order valence-electron chi connectivity index (χ1n) is 16.0. The third-order valence-corrected chi connectivity index (χ3v) is 6.37. The van der Waals surface area contributed by atoms with Gasteiger partial charge in [0.15, 0.2) is 0 Å². The molecule has 0 N–H and O–H groups in total. The number of furan rings is 1. The maximum absolute atomic E-state index is 14.4. The molecule has 41 heavy (non-hydrogen) atoms. The number of fused-ring (bicyclic) bond motifs is 3. The Labute approximate surface area is 263 Å². The van der Waals surface area contributed by atoms with Crippen LogP contribution in [0.2, 0.25) is 0 Å². The summed E-state index contributed by atoms with van der Waals surface area (Å²) in [5.74, 6) is -0.755. The molecule has 211 valence electrons. The van der Waals surface area contributed by atoms with Crippen molar-refractivity contribution in [3.63, 3.8) is 0 Å². The van der Waals surface area contributed by atoms with Crippen LogP contribution in [0, 0.1) is 44.0 Å². The summed E-state index contributed by atoms with van der Waals surface area (Å²) in [7, 11) is 0. The maximum atomic E-state index is 14.4. The predicted molar refractivity (Wildman–Crippen MR) is 162 cm³/mol.